The molecule has 0 bridgehead atoms. The summed E-state index contributed by atoms with van der Waals surface area (Å²) in [5.74, 6) is -0.315. The lowest BCUT2D eigenvalue weighted by Crippen LogP contribution is -2.54. The van der Waals surface area contributed by atoms with E-state index in [0.29, 0.717) is 30.0 Å². The van der Waals surface area contributed by atoms with Gasteiger partial charge in [-0.25, -0.2) is 4.79 Å². The Bertz CT molecular complexity index is 975. The second-order valence-electron chi connectivity index (χ2n) is 9.77. The van der Waals surface area contributed by atoms with Gasteiger partial charge in [0.25, 0.3) is 11.8 Å². The van der Waals surface area contributed by atoms with Crippen LogP contribution < -0.4 is 20.7 Å². The van der Waals surface area contributed by atoms with Gasteiger partial charge in [0.05, 0.1) is 5.69 Å². The normalized spacial score (nSPS) is 29.2. The van der Waals surface area contributed by atoms with Gasteiger partial charge in [0, 0.05) is 5.69 Å². The van der Waals surface area contributed by atoms with Crippen LogP contribution in [0.15, 0.2) is 18.2 Å². The number of rotatable bonds is 3. The Labute approximate surface area is 180 Å². The second-order valence-corrected chi connectivity index (χ2v) is 9.77. The lowest BCUT2D eigenvalue weighted by Gasteiger charge is -2.43. The average Bonchev–Trinajstić information content (AvgIpc) is 2.84. The van der Waals surface area contributed by atoms with E-state index in [1.165, 1.54) is 0 Å². The number of hydrogen-bond donors (Lipinski definition) is 3. The molecule has 1 aromatic carbocycles. The number of nitrogens with one attached hydrogen (secondary N) is 3. The van der Waals surface area contributed by atoms with Gasteiger partial charge in [0.15, 0.2) is 6.10 Å². The minimum Gasteiger partial charge on any atom is -0.479 e. The van der Waals surface area contributed by atoms with Crippen molar-refractivity contribution in [2.75, 3.05) is 17.2 Å². The number of carbonyl (C=O) groups is 4. The molecule has 3 N–H and O–H groups in total. The molecule has 1 spiro atoms. The topological polar surface area (TPSA) is 117 Å². The molecule has 0 radical (unpaired) electrons. The van der Waals surface area contributed by atoms with Gasteiger partial charge in [-0.05, 0) is 55.7 Å². The Morgan fingerprint density at radius 3 is 2.68 bits per heavy atom. The summed E-state index contributed by atoms with van der Waals surface area (Å²) in [4.78, 5) is 51.1. The highest BCUT2D eigenvalue weighted by atomic mass is 16.5. The predicted molar refractivity (Wildman–Crippen MR) is 114 cm³/mol. The zero-order valence-electron chi connectivity index (χ0n) is 18.2. The molecule has 1 saturated heterocycles. The van der Waals surface area contributed by atoms with E-state index in [0.717, 1.165) is 11.3 Å². The number of anilines is 2. The number of ether oxygens (including phenoxy) is 1. The number of carbonyl (C=O) groups excluding carboxylic acids is 4. The third-order valence-electron chi connectivity index (χ3n) is 6.12. The summed E-state index contributed by atoms with van der Waals surface area (Å²) in [6.45, 7) is 7.54. The minimum absolute atomic E-state index is 0.0774. The van der Waals surface area contributed by atoms with Crippen molar-refractivity contribution >= 4 is 35.1 Å². The molecular weight excluding hydrogens is 400 g/mol. The fraction of sp³-hybridized carbons (Fsp3) is 0.545. The highest BCUT2D eigenvalue weighted by molar-refractivity contribution is 6.10. The fourth-order valence-electron chi connectivity index (χ4n) is 5.28. The van der Waals surface area contributed by atoms with Crippen LogP contribution in [-0.4, -0.2) is 46.8 Å². The molecule has 3 aliphatic rings. The van der Waals surface area contributed by atoms with Crippen LogP contribution in [0.3, 0.4) is 0 Å². The summed E-state index contributed by atoms with van der Waals surface area (Å²) in [5.41, 5.74) is -0.140. The smallest absolute Gasteiger partial charge is 0.325 e. The van der Waals surface area contributed by atoms with Crippen molar-refractivity contribution in [3.8, 4) is 5.75 Å². The molecule has 2 aliphatic heterocycles. The predicted octanol–water partition coefficient (Wildman–Crippen LogP) is 2.48. The maximum atomic E-state index is 13.2. The quantitative estimate of drug-likeness (QED) is 0.640. The first-order valence-corrected chi connectivity index (χ1v) is 10.5. The molecule has 1 aliphatic carbocycles. The second kappa shape index (κ2) is 7.25. The molecule has 5 amide bonds. The molecular formula is C22H28N4O5. The minimum atomic E-state index is -0.942. The largest absolute Gasteiger partial charge is 0.479 e. The molecule has 9 nitrogen and oxygen atoms in total. The van der Waals surface area contributed by atoms with Gasteiger partial charge in [0.1, 0.15) is 17.8 Å². The van der Waals surface area contributed by atoms with Gasteiger partial charge in [0.2, 0.25) is 5.91 Å². The van der Waals surface area contributed by atoms with Crippen LogP contribution in [-0.2, 0) is 14.4 Å². The summed E-state index contributed by atoms with van der Waals surface area (Å²) < 4.78 is 5.50. The summed E-state index contributed by atoms with van der Waals surface area (Å²) in [6.07, 6.45) is 1.51. The highest BCUT2D eigenvalue weighted by Crippen LogP contribution is 2.46. The van der Waals surface area contributed by atoms with Crippen molar-refractivity contribution in [1.29, 1.82) is 0 Å². The molecule has 4 rings (SSSR count). The van der Waals surface area contributed by atoms with Gasteiger partial charge < -0.3 is 20.7 Å². The Balaban J connectivity index is 1.45. The zero-order chi connectivity index (χ0) is 22.6. The van der Waals surface area contributed by atoms with Gasteiger partial charge in [-0.15, -0.1) is 0 Å². The monoisotopic (exact) mass is 428 g/mol. The number of urea groups is 1. The maximum absolute atomic E-state index is 13.2. The van der Waals surface area contributed by atoms with Gasteiger partial charge in [-0.3, -0.25) is 19.3 Å². The third-order valence-corrected chi connectivity index (χ3v) is 6.12. The Morgan fingerprint density at radius 1 is 1.23 bits per heavy atom. The zero-order valence-corrected chi connectivity index (χ0v) is 18.2. The Morgan fingerprint density at radius 2 is 1.97 bits per heavy atom. The molecule has 2 fully saturated rings. The third kappa shape index (κ3) is 3.96. The summed E-state index contributed by atoms with van der Waals surface area (Å²) in [5, 5.41) is 8.27. The Hall–Kier alpha value is -3.10. The lowest BCUT2D eigenvalue weighted by molar-refractivity contribution is -0.136. The standard InChI is InChI=1S/C22H28N4O5/c1-12-8-21(3,4)11-22(9-12)19(29)26(20(30)25-22)10-17(27)23-14-5-6-16-15(7-14)24-18(28)13(2)31-16/h5-7,12-13H,8-11H2,1-4H3,(H,23,27)(H,24,28)(H,25,30)/t12-,13+,22-/m1/s1. The van der Waals surface area contributed by atoms with Gasteiger partial charge in [-0.1, -0.05) is 20.8 Å². The first kappa shape index (κ1) is 21.1. The molecule has 3 atom stereocenters. The molecule has 0 unspecified atom stereocenters. The fourth-order valence-corrected chi connectivity index (χ4v) is 5.28. The molecule has 1 saturated carbocycles. The summed E-state index contributed by atoms with van der Waals surface area (Å²) >= 11 is 0. The number of hydrogen-bond acceptors (Lipinski definition) is 5. The van der Waals surface area contributed by atoms with E-state index in [9.17, 15) is 19.2 Å². The van der Waals surface area contributed by atoms with Gasteiger partial charge in [-0.2, -0.15) is 0 Å². The number of benzene rings is 1. The van der Waals surface area contributed by atoms with Crippen LogP contribution in [0.1, 0.15) is 47.0 Å². The van der Waals surface area contributed by atoms with Crippen molar-refractivity contribution in [3.63, 3.8) is 0 Å². The highest BCUT2D eigenvalue weighted by Gasteiger charge is 2.56. The molecule has 0 aromatic heterocycles. The number of fused-ring (bicyclic) bond motifs is 1. The molecule has 2 heterocycles. The number of nitrogens with zero attached hydrogens (tertiary/aromatic N) is 1. The maximum Gasteiger partial charge on any atom is 0.325 e. The summed E-state index contributed by atoms with van der Waals surface area (Å²) in [6, 6.07) is 4.33. The lowest BCUT2D eigenvalue weighted by atomic mass is 9.64. The van der Waals surface area contributed by atoms with Crippen molar-refractivity contribution in [3.05, 3.63) is 18.2 Å². The first-order chi connectivity index (χ1) is 14.5. The van der Waals surface area contributed by atoms with E-state index in [1.807, 2.05) is 0 Å². The number of amides is 5. The van der Waals surface area contributed by atoms with E-state index < -0.39 is 23.6 Å². The Kier molecular flexibility index (Phi) is 4.94. The van der Waals surface area contributed by atoms with Crippen LogP contribution >= 0.6 is 0 Å². The van der Waals surface area contributed by atoms with E-state index in [4.69, 9.17) is 4.74 Å². The molecule has 1 aromatic rings. The average molecular weight is 428 g/mol. The molecule has 31 heavy (non-hydrogen) atoms. The van der Waals surface area contributed by atoms with Crippen LogP contribution in [0.5, 0.6) is 5.75 Å². The van der Waals surface area contributed by atoms with Crippen LogP contribution in [0.25, 0.3) is 0 Å². The van der Waals surface area contributed by atoms with E-state index >= 15 is 0 Å². The van der Waals surface area contributed by atoms with E-state index in [2.05, 4.69) is 36.7 Å². The van der Waals surface area contributed by atoms with E-state index in [-0.39, 0.29) is 29.7 Å². The van der Waals surface area contributed by atoms with Crippen LogP contribution in [0.4, 0.5) is 16.2 Å². The first-order valence-electron chi connectivity index (χ1n) is 10.5. The molecule has 9 heteroatoms. The van der Waals surface area contributed by atoms with Crippen molar-refractivity contribution in [2.24, 2.45) is 11.3 Å². The number of imide groups is 1. The molecule has 166 valence electrons. The van der Waals surface area contributed by atoms with E-state index in [1.54, 1.807) is 25.1 Å². The van der Waals surface area contributed by atoms with Crippen LogP contribution in [0, 0.1) is 11.3 Å². The van der Waals surface area contributed by atoms with Crippen molar-refractivity contribution < 1.29 is 23.9 Å². The summed E-state index contributed by atoms with van der Waals surface area (Å²) in [7, 11) is 0. The van der Waals surface area contributed by atoms with Crippen molar-refractivity contribution in [1.82, 2.24) is 10.2 Å². The van der Waals surface area contributed by atoms with Crippen molar-refractivity contribution in [2.45, 2.75) is 58.6 Å². The van der Waals surface area contributed by atoms with Gasteiger partial charge >= 0.3 is 6.03 Å². The SMILES string of the molecule is C[C@@H]1CC(C)(C)C[C@@]2(C1)NC(=O)N(CC(=O)Nc1ccc3c(c1)NC(=O)[C@H](C)O3)C2=O. The van der Waals surface area contributed by atoms with Crippen LogP contribution in [0.2, 0.25) is 0 Å².